The molecule has 0 saturated carbocycles. The van der Waals surface area contributed by atoms with Gasteiger partial charge in [0.1, 0.15) is 0 Å². The fraction of sp³-hybridized carbons (Fsp3) is 0.917. The van der Waals surface area contributed by atoms with Crippen LogP contribution in [0.3, 0.4) is 0 Å². The van der Waals surface area contributed by atoms with Gasteiger partial charge in [-0.1, -0.05) is 13.8 Å². The Morgan fingerprint density at radius 1 is 1.50 bits per heavy atom. The number of carboxylic acids is 1. The molecule has 1 atom stereocenters. The van der Waals surface area contributed by atoms with Gasteiger partial charge in [-0.3, -0.25) is 4.79 Å². The van der Waals surface area contributed by atoms with Gasteiger partial charge in [0.25, 0.3) is 0 Å². The summed E-state index contributed by atoms with van der Waals surface area (Å²) in [5.74, 6) is -0.966. The normalized spacial score (nSPS) is 21.2. The Bertz CT molecular complexity index is 225. The molecular formula is C12H24N2O2. The SMILES string of the molecule is CCN1CCC(N(C)CC(C)C(=O)O)CC1. The van der Waals surface area contributed by atoms with Gasteiger partial charge in [0.2, 0.25) is 0 Å². The molecule has 1 aliphatic heterocycles. The fourth-order valence-electron chi connectivity index (χ4n) is 2.34. The zero-order chi connectivity index (χ0) is 12.1. The fourth-order valence-corrected chi connectivity index (χ4v) is 2.34. The summed E-state index contributed by atoms with van der Waals surface area (Å²) >= 11 is 0. The maximum atomic E-state index is 10.8. The average Bonchev–Trinajstić information content (AvgIpc) is 2.28. The van der Waals surface area contributed by atoms with Gasteiger partial charge >= 0.3 is 5.97 Å². The van der Waals surface area contributed by atoms with E-state index in [0.29, 0.717) is 12.6 Å². The molecule has 0 spiro atoms. The van der Waals surface area contributed by atoms with Crippen LogP contribution < -0.4 is 0 Å². The lowest BCUT2D eigenvalue weighted by atomic mass is 10.0. The van der Waals surface area contributed by atoms with E-state index >= 15 is 0 Å². The molecule has 1 heterocycles. The van der Waals surface area contributed by atoms with Crippen LogP contribution >= 0.6 is 0 Å². The summed E-state index contributed by atoms with van der Waals surface area (Å²) in [4.78, 5) is 15.4. The van der Waals surface area contributed by atoms with Crippen molar-refractivity contribution >= 4 is 5.97 Å². The van der Waals surface area contributed by atoms with E-state index in [9.17, 15) is 4.79 Å². The minimum atomic E-state index is -0.696. The summed E-state index contributed by atoms with van der Waals surface area (Å²) in [6, 6.07) is 0.560. The van der Waals surface area contributed by atoms with Crippen molar-refractivity contribution in [3.63, 3.8) is 0 Å². The van der Waals surface area contributed by atoms with Crippen molar-refractivity contribution in [1.82, 2.24) is 9.80 Å². The van der Waals surface area contributed by atoms with Crippen molar-refractivity contribution in [2.45, 2.75) is 32.7 Å². The summed E-state index contributed by atoms with van der Waals surface area (Å²) in [5, 5.41) is 8.87. The van der Waals surface area contributed by atoms with E-state index in [4.69, 9.17) is 5.11 Å². The highest BCUT2D eigenvalue weighted by atomic mass is 16.4. The Labute approximate surface area is 98.2 Å². The number of hydrogen-bond donors (Lipinski definition) is 1. The van der Waals surface area contributed by atoms with E-state index < -0.39 is 5.97 Å². The van der Waals surface area contributed by atoms with Crippen LogP contribution in [0.1, 0.15) is 26.7 Å². The van der Waals surface area contributed by atoms with E-state index in [1.807, 2.05) is 7.05 Å². The van der Waals surface area contributed by atoms with Crippen molar-refractivity contribution < 1.29 is 9.90 Å². The van der Waals surface area contributed by atoms with Crippen molar-refractivity contribution in [2.24, 2.45) is 5.92 Å². The van der Waals surface area contributed by atoms with Gasteiger partial charge in [-0.2, -0.15) is 0 Å². The zero-order valence-electron chi connectivity index (χ0n) is 10.6. The molecule has 1 N–H and O–H groups in total. The molecule has 0 bridgehead atoms. The first kappa shape index (κ1) is 13.5. The monoisotopic (exact) mass is 228 g/mol. The zero-order valence-corrected chi connectivity index (χ0v) is 10.6. The van der Waals surface area contributed by atoms with Gasteiger partial charge in [-0.15, -0.1) is 0 Å². The molecule has 16 heavy (non-hydrogen) atoms. The lowest BCUT2D eigenvalue weighted by Gasteiger charge is -2.36. The van der Waals surface area contributed by atoms with Gasteiger partial charge < -0.3 is 14.9 Å². The minimum Gasteiger partial charge on any atom is -0.481 e. The topological polar surface area (TPSA) is 43.8 Å². The molecule has 0 aliphatic carbocycles. The van der Waals surface area contributed by atoms with Crippen LogP contribution in [0, 0.1) is 5.92 Å². The molecule has 1 fully saturated rings. The van der Waals surface area contributed by atoms with Crippen LogP contribution in [0.2, 0.25) is 0 Å². The number of aliphatic carboxylic acids is 1. The van der Waals surface area contributed by atoms with Crippen molar-refractivity contribution in [2.75, 3.05) is 33.2 Å². The standard InChI is InChI=1S/C12H24N2O2/c1-4-14-7-5-11(6-8-14)13(3)9-10(2)12(15)16/h10-11H,4-9H2,1-3H3,(H,15,16). The molecule has 4 heteroatoms. The van der Waals surface area contributed by atoms with Gasteiger partial charge in [0.15, 0.2) is 0 Å². The van der Waals surface area contributed by atoms with Crippen LogP contribution in [0.15, 0.2) is 0 Å². The number of likely N-dealkylation sites (tertiary alicyclic amines) is 1. The van der Waals surface area contributed by atoms with E-state index in [0.717, 1.165) is 32.5 Å². The third kappa shape index (κ3) is 3.76. The molecule has 0 aromatic carbocycles. The molecule has 1 aliphatic rings. The third-order valence-corrected chi connectivity index (χ3v) is 3.61. The molecule has 1 unspecified atom stereocenters. The van der Waals surface area contributed by atoms with Crippen LogP contribution in [0.4, 0.5) is 0 Å². The number of carboxylic acid groups (broad SMARTS) is 1. The summed E-state index contributed by atoms with van der Waals surface area (Å²) in [7, 11) is 2.05. The maximum Gasteiger partial charge on any atom is 0.307 e. The first-order chi connectivity index (χ1) is 7.54. The largest absolute Gasteiger partial charge is 0.481 e. The van der Waals surface area contributed by atoms with Gasteiger partial charge in [0.05, 0.1) is 5.92 Å². The molecule has 1 saturated heterocycles. The Hall–Kier alpha value is -0.610. The summed E-state index contributed by atoms with van der Waals surface area (Å²) in [5.41, 5.74) is 0. The summed E-state index contributed by atoms with van der Waals surface area (Å²) < 4.78 is 0. The third-order valence-electron chi connectivity index (χ3n) is 3.61. The Kier molecular flexibility index (Phi) is 5.22. The van der Waals surface area contributed by atoms with Gasteiger partial charge in [-0.05, 0) is 39.5 Å². The van der Waals surface area contributed by atoms with Crippen molar-refractivity contribution in [3.05, 3.63) is 0 Å². The number of nitrogens with zero attached hydrogens (tertiary/aromatic N) is 2. The van der Waals surface area contributed by atoms with Crippen LogP contribution in [-0.4, -0.2) is 60.1 Å². The molecular weight excluding hydrogens is 204 g/mol. The lowest BCUT2D eigenvalue weighted by Crippen LogP contribution is -2.45. The van der Waals surface area contributed by atoms with Crippen molar-refractivity contribution in [3.8, 4) is 0 Å². The highest BCUT2D eigenvalue weighted by molar-refractivity contribution is 5.69. The molecule has 4 nitrogen and oxygen atoms in total. The van der Waals surface area contributed by atoms with E-state index in [1.165, 1.54) is 0 Å². The van der Waals surface area contributed by atoms with E-state index in [-0.39, 0.29) is 5.92 Å². The highest BCUT2D eigenvalue weighted by Crippen LogP contribution is 2.16. The number of carbonyl (C=O) groups is 1. The second-order valence-corrected chi connectivity index (χ2v) is 4.84. The molecule has 0 aromatic rings. The van der Waals surface area contributed by atoms with Crippen LogP contribution in [-0.2, 0) is 4.79 Å². The number of hydrogen-bond acceptors (Lipinski definition) is 3. The van der Waals surface area contributed by atoms with Gasteiger partial charge in [-0.25, -0.2) is 0 Å². The molecule has 1 rings (SSSR count). The highest BCUT2D eigenvalue weighted by Gasteiger charge is 2.23. The van der Waals surface area contributed by atoms with Crippen LogP contribution in [0.25, 0.3) is 0 Å². The lowest BCUT2D eigenvalue weighted by molar-refractivity contribution is -0.141. The maximum absolute atomic E-state index is 10.8. The smallest absolute Gasteiger partial charge is 0.307 e. The first-order valence-corrected chi connectivity index (χ1v) is 6.20. The van der Waals surface area contributed by atoms with Crippen molar-refractivity contribution in [1.29, 1.82) is 0 Å². The number of rotatable bonds is 5. The molecule has 0 radical (unpaired) electrons. The second-order valence-electron chi connectivity index (χ2n) is 4.84. The molecule has 94 valence electrons. The minimum absolute atomic E-state index is 0.269. The van der Waals surface area contributed by atoms with Gasteiger partial charge in [0, 0.05) is 12.6 Å². The first-order valence-electron chi connectivity index (χ1n) is 6.20. The average molecular weight is 228 g/mol. The van der Waals surface area contributed by atoms with E-state index in [1.54, 1.807) is 6.92 Å². The molecule has 0 aromatic heterocycles. The predicted molar refractivity (Wildman–Crippen MR) is 64.6 cm³/mol. The summed E-state index contributed by atoms with van der Waals surface area (Å²) in [6.45, 7) is 8.05. The molecule has 0 amide bonds. The quantitative estimate of drug-likeness (QED) is 0.766. The summed E-state index contributed by atoms with van der Waals surface area (Å²) in [6.07, 6.45) is 2.33. The Morgan fingerprint density at radius 2 is 2.06 bits per heavy atom. The van der Waals surface area contributed by atoms with Crippen LogP contribution in [0.5, 0.6) is 0 Å². The Morgan fingerprint density at radius 3 is 2.50 bits per heavy atom. The number of piperidine rings is 1. The Balaban J connectivity index is 2.33. The second kappa shape index (κ2) is 6.21. The predicted octanol–water partition coefficient (Wildman–Crippen LogP) is 1.12. The van der Waals surface area contributed by atoms with E-state index in [2.05, 4.69) is 16.7 Å².